The van der Waals surface area contributed by atoms with Crippen LogP contribution >= 0.6 is 0 Å². The van der Waals surface area contributed by atoms with E-state index in [0.717, 1.165) is 19.5 Å². The van der Waals surface area contributed by atoms with Gasteiger partial charge in [-0.2, -0.15) is 0 Å². The first-order valence-corrected chi connectivity index (χ1v) is 7.68. The zero-order valence-corrected chi connectivity index (χ0v) is 14.7. The Balaban J connectivity index is 4.77. The van der Waals surface area contributed by atoms with Crippen LogP contribution in [0.4, 0.5) is 0 Å². The minimum absolute atomic E-state index is 0.155. The molecular formula is C16H34N2O2. The lowest BCUT2D eigenvalue weighted by Crippen LogP contribution is -2.54. The summed E-state index contributed by atoms with van der Waals surface area (Å²) in [5, 5.41) is 3.29. The van der Waals surface area contributed by atoms with Gasteiger partial charge in [-0.3, -0.25) is 4.79 Å². The van der Waals surface area contributed by atoms with Gasteiger partial charge >= 0.3 is 5.97 Å². The molecule has 120 valence electrons. The number of rotatable bonds is 8. The van der Waals surface area contributed by atoms with E-state index in [-0.39, 0.29) is 11.4 Å². The quantitative estimate of drug-likeness (QED) is 0.697. The van der Waals surface area contributed by atoms with Gasteiger partial charge in [-0.15, -0.1) is 0 Å². The zero-order valence-electron chi connectivity index (χ0n) is 14.7. The highest BCUT2D eigenvalue weighted by Crippen LogP contribution is 2.21. The molecule has 0 heterocycles. The lowest BCUT2D eigenvalue weighted by molar-refractivity contribution is -0.151. The van der Waals surface area contributed by atoms with Crippen molar-refractivity contribution in [3.63, 3.8) is 0 Å². The molecule has 0 amide bonds. The first kappa shape index (κ1) is 19.4. The lowest BCUT2D eigenvalue weighted by Gasteiger charge is -2.36. The van der Waals surface area contributed by atoms with E-state index in [1.807, 2.05) is 20.8 Å². The molecule has 0 radical (unpaired) electrons. The Bertz CT molecular complexity index is 299. The van der Waals surface area contributed by atoms with Gasteiger partial charge < -0.3 is 15.0 Å². The monoisotopic (exact) mass is 286 g/mol. The Morgan fingerprint density at radius 1 is 1.25 bits per heavy atom. The van der Waals surface area contributed by atoms with Crippen LogP contribution in [0.25, 0.3) is 0 Å². The smallest absolute Gasteiger partial charge is 0.326 e. The molecule has 4 heteroatoms. The summed E-state index contributed by atoms with van der Waals surface area (Å²) < 4.78 is 5.22. The molecule has 20 heavy (non-hydrogen) atoms. The first-order valence-electron chi connectivity index (χ1n) is 7.68. The number of carbonyl (C=O) groups is 1. The maximum absolute atomic E-state index is 12.2. The van der Waals surface area contributed by atoms with Crippen LogP contribution in [0.2, 0.25) is 0 Å². The van der Waals surface area contributed by atoms with E-state index in [9.17, 15) is 4.79 Å². The van der Waals surface area contributed by atoms with Crippen LogP contribution in [0.3, 0.4) is 0 Å². The second-order valence-electron chi connectivity index (χ2n) is 7.11. The summed E-state index contributed by atoms with van der Waals surface area (Å²) in [6.07, 6.45) is 0.742. The molecular weight excluding hydrogens is 252 g/mol. The third-order valence-corrected chi connectivity index (χ3v) is 3.47. The highest BCUT2D eigenvalue weighted by Gasteiger charge is 2.36. The van der Waals surface area contributed by atoms with Crippen molar-refractivity contribution in [2.24, 2.45) is 5.41 Å². The van der Waals surface area contributed by atoms with Crippen molar-refractivity contribution < 1.29 is 9.53 Å². The summed E-state index contributed by atoms with van der Waals surface area (Å²) >= 11 is 0. The highest BCUT2D eigenvalue weighted by atomic mass is 16.5. The van der Waals surface area contributed by atoms with Crippen LogP contribution in [-0.4, -0.2) is 49.2 Å². The first-order chi connectivity index (χ1) is 9.05. The Morgan fingerprint density at radius 3 is 2.20 bits per heavy atom. The number of ether oxygens (including phenoxy) is 1. The summed E-state index contributed by atoms with van der Waals surface area (Å²) in [4.78, 5) is 14.5. The number of nitrogens with one attached hydrogen (secondary N) is 1. The third-order valence-electron chi connectivity index (χ3n) is 3.47. The number of likely N-dealkylation sites (N-methyl/N-ethyl adjacent to an activating group) is 1. The molecule has 0 saturated carbocycles. The third kappa shape index (κ3) is 6.71. The summed E-state index contributed by atoms with van der Waals surface area (Å²) in [5.41, 5.74) is -0.363. The molecule has 2 atom stereocenters. The standard InChI is InChI=1S/C16H34N2O2/c1-9-17-16(7,14(19)20-10-2)11-13(3)18(8)12-15(4,5)6/h13,17H,9-12H2,1-8H3. The molecule has 1 N–H and O–H groups in total. The average Bonchev–Trinajstić information content (AvgIpc) is 2.27. The summed E-state index contributed by atoms with van der Waals surface area (Å²) in [6, 6.07) is 0.308. The predicted molar refractivity (Wildman–Crippen MR) is 84.9 cm³/mol. The van der Waals surface area contributed by atoms with Gasteiger partial charge in [0.25, 0.3) is 0 Å². The molecule has 0 aliphatic carbocycles. The fourth-order valence-corrected chi connectivity index (χ4v) is 2.56. The maximum Gasteiger partial charge on any atom is 0.326 e. The molecule has 0 aromatic rings. The van der Waals surface area contributed by atoms with Crippen LogP contribution in [0.5, 0.6) is 0 Å². The maximum atomic E-state index is 12.2. The fraction of sp³-hybridized carbons (Fsp3) is 0.938. The van der Waals surface area contributed by atoms with E-state index in [2.05, 4.69) is 45.0 Å². The predicted octanol–water partition coefficient (Wildman–Crippen LogP) is 2.67. The van der Waals surface area contributed by atoms with Crippen LogP contribution in [-0.2, 0) is 9.53 Å². The molecule has 0 fully saturated rings. The second kappa shape index (κ2) is 7.99. The normalized spacial score (nSPS) is 16.9. The largest absolute Gasteiger partial charge is 0.465 e. The van der Waals surface area contributed by atoms with Gasteiger partial charge in [-0.1, -0.05) is 27.7 Å². The summed E-state index contributed by atoms with van der Waals surface area (Å²) in [7, 11) is 2.12. The van der Waals surface area contributed by atoms with Crippen LogP contribution in [0.15, 0.2) is 0 Å². The number of nitrogens with zero attached hydrogens (tertiary/aromatic N) is 1. The average molecular weight is 286 g/mol. The topological polar surface area (TPSA) is 41.6 Å². The van der Waals surface area contributed by atoms with Gasteiger partial charge in [0.2, 0.25) is 0 Å². The van der Waals surface area contributed by atoms with E-state index in [0.29, 0.717) is 12.6 Å². The van der Waals surface area contributed by atoms with Crippen molar-refractivity contribution >= 4 is 5.97 Å². The van der Waals surface area contributed by atoms with Gasteiger partial charge in [0.15, 0.2) is 0 Å². The molecule has 0 saturated heterocycles. The Labute approximate surface area is 125 Å². The second-order valence-corrected chi connectivity index (χ2v) is 7.11. The van der Waals surface area contributed by atoms with Gasteiger partial charge in [0.1, 0.15) is 5.54 Å². The van der Waals surface area contributed by atoms with Crippen LogP contribution in [0.1, 0.15) is 54.9 Å². The van der Waals surface area contributed by atoms with Crippen molar-refractivity contribution in [2.75, 3.05) is 26.7 Å². The van der Waals surface area contributed by atoms with Gasteiger partial charge in [-0.05, 0) is 46.2 Å². The van der Waals surface area contributed by atoms with E-state index in [1.165, 1.54) is 0 Å². The summed E-state index contributed by atoms with van der Waals surface area (Å²) in [6.45, 7) is 16.8. The Kier molecular flexibility index (Phi) is 7.74. The van der Waals surface area contributed by atoms with Crippen LogP contribution < -0.4 is 5.32 Å². The zero-order chi connectivity index (χ0) is 16.0. The fourth-order valence-electron chi connectivity index (χ4n) is 2.56. The van der Waals surface area contributed by atoms with Gasteiger partial charge in [-0.25, -0.2) is 0 Å². The SMILES string of the molecule is CCNC(C)(CC(C)N(C)CC(C)(C)C)C(=O)OCC. The molecule has 0 rings (SSSR count). The highest BCUT2D eigenvalue weighted by molar-refractivity contribution is 5.80. The van der Waals surface area contributed by atoms with Crippen molar-refractivity contribution in [1.82, 2.24) is 10.2 Å². The Morgan fingerprint density at radius 2 is 1.80 bits per heavy atom. The van der Waals surface area contributed by atoms with E-state index >= 15 is 0 Å². The molecule has 0 aliphatic heterocycles. The Hall–Kier alpha value is -0.610. The lowest BCUT2D eigenvalue weighted by atomic mass is 9.90. The van der Waals surface area contributed by atoms with E-state index in [1.54, 1.807) is 0 Å². The number of hydrogen-bond acceptors (Lipinski definition) is 4. The van der Waals surface area contributed by atoms with Crippen molar-refractivity contribution in [3.05, 3.63) is 0 Å². The summed E-state index contributed by atoms with van der Waals surface area (Å²) in [5.74, 6) is -0.155. The van der Waals surface area contributed by atoms with E-state index < -0.39 is 5.54 Å². The van der Waals surface area contributed by atoms with Crippen molar-refractivity contribution in [3.8, 4) is 0 Å². The molecule has 2 unspecified atom stereocenters. The van der Waals surface area contributed by atoms with Crippen molar-refractivity contribution in [2.45, 2.75) is 66.5 Å². The molecule has 0 spiro atoms. The number of esters is 1. The molecule has 0 aliphatic rings. The molecule has 0 bridgehead atoms. The van der Waals surface area contributed by atoms with Crippen molar-refractivity contribution in [1.29, 1.82) is 0 Å². The minimum Gasteiger partial charge on any atom is -0.465 e. The molecule has 0 aromatic carbocycles. The van der Waals surface area contributed by atoms with Gasteiger partial charge in [0, 0.05) is 12.6 Å². The molecule has 4 nitrogen and oxygen atoms in total. The molecule has 0 aromatic heterocycles. The number of carbonyl (C=O) groups excluding carboxylic acids is 1. The van der Waals surface area contributed by atoms with Crippen LogP contribution in [0, 0.1) is 5.41 Å². The van der Waals surface area contributed by atoms with Gasteiger partial charge in [0.05, 0.1) is 6.61 Å². The minimum atomic E-state index is -0.615. The number of hydrogen-bond donors (Lipinski definition) is 1. The van der Waals surface area contributed by atoms with E-state index in [4.69, 9.17) is 4.74 Å².